The number of halogens is 1. The van der Waals surface area contributed by atoms with Gasteiger partial charge in [-0.3, -0.25) is 9.36 Å². The van der Waals surface area contributed by atoms with Crippen LogP contribution in [0.1, 0.15) is 0 Å². The van der Waals surface area contributed by atoms with Crippen LogP contribution in [0.15, 0.2) is 89.7 Å². The van der Waals surface area contributed by atoms with Crippen molar-refractivity contribution in [3.63, 3.8) is 0 Å². The minimum Gasteiger partial charge on any atom is -0.273 e. The zero-order valence-corrected chi connectivity index (χ0v) is 15.5. The van der Waals surface area contributed by atoms with Crippen LogP contribution in [0.25, 0.3) is 38.8 Å². The SMILES string of the molecule is O=c1c2ccccc2c2nc(Cl)nc(-c3ccccc3)c2n1-c1ccccc1. The van der Waals surface area contributed by atoms with Gasteiger partial charge in [0.15, 0.2) is 0 Å². The average Bonchev–Trinajstić information content (AvgIpc) is 2.75. The number of rotatable bonds is 2. The number of nitrogens with zero attached hydrogens (tertiary/aromatic N) is 3. The Morgan fingerprint density at radius 1 is 0.714 bits per heavy atom. The molecule has 0 fully saturated rings. The molecule has 0 saturated heterocycles. The van der Waals surface area contributed by atoms with Crippen molar-refractivity contribution in [1.29, 1.82) is 0 Å². The number of aromatic nitrogens is 3. The maximum Gasteiger partial charge on any atom is 0.263 e. The molecule has 5 rings (SSSR count). The van der Waals surface area contributed by atoms with E-state index in [0.717, 1.165) is 16.6 Å². The van der Waals surface area contributed by atoms with Crippen molar-refractivity contribution in [2.45, 2.75) is 0 Å². The van der Waals surface area contributed by atoms with Crippen LogP contribution >= 0.6 is 11.6 Å². The third-order valence-electron chi connectivity index (χ3n) is 4.76. The van der Waals surface area contributed by atoms with Gasteiger partial charge in [0, 0.05) is 22.0 Å². The van der Waals surface area contributed by atoms with Crippen LogP contribution in [0.5, 0.6) is 0 Å². The first-order valence-corrected chi connectivity index (χ1v) is 9.24. The largest absolute Gasteiger partial charge is 0.273 e. The summed E-state index contributed by atoms with van der Waals surface area (Å²) in [7, 11) is 0. The van der Waals surface area contributed by atoms with Gasteiger partial charge in [-0.2, -0.15) is 0 Å². The van der Waals surface area contributed by atoms with Crippen molar-refractivity contribution in [3.05, 3.63) is 101 Å². The predicted octanol–water partition coefficient (Wildman–Crippen LogP) is 5.25. The summed E-state index contributed by atoms with van der Waals surface area (Å²) in [6.45, 7) is 0. The van der Waals surface area contributed by atoms with Crippen LogP contribution in [0.2, 0.25) is 5.28 Å². The summed E-state index contributed by atoms with van der Waals surface area (Å²) in [5, 5.41) is 1.50. The van der Waals surface area contributed by atoms with E-state index >= 15 is 0 Å². The molecule has 2 heterocycles. The summed E-state index contributed by atoms with van der Waals surface area (Å²) >= 11 is 6.30. The Kier molecular flexibility index (Phi) is 3.92. The molecule has 2 aromatic heterocycles. The Morgan fingerprint density at radius 3 is 2.04 bits per heavy atom. The molecule has 3 aromatic carbocycles. The second-order valence-corrected chi connectivity index (χ2v) is 6.76. The van der Waals surface area contributed by atoms with Gasteiger partial charge in [-0.25, -0.2) is 9.97 Å². The fraction of sp³-hybridized carbons (Fsp3) is 0. The lowest BCUT2D eigenvalue weighted by atomic mass is 10.1. The second kappa shape index (κ2) is 6.59. The molecule has 0 atom stereocenters. The molecule has 28 heavy (non-hydrogen) atoms. The van der Waals surface area contributed by atoms with E-state index < -0.39 is 0 Å². The van der Waals surface area contributed by atoms with Gasteiger partial charge in [0.1, 0.15) is 16.7 Å². The lowest BCUT2D eigenvalue weighted by Gasteiger charge is -2.16. The van der Waals surface area contributed by atoms with Gasteiger partial charge in [0.2, 0.25) is 5.28 Å². The highest BCUT2D eigenvalue weighted by atomic mass is 35.5. The molecular weight excluding hydrogens is 370 g/mol. The minimum absolute atomic E-state index is 0.114. The van der Waals surface area contributed by atoms with Crippen LogP contribution in [0.4, 0.5) is 0 Å². The van der Waals surface area contributed by atoms with E-state index in [1.54, 1.807) is 4.57 Å². The fourth-order valence-corrected chi connectivity index (χ4v) is 3.72. The van der Waals surface area contributed by atoms with Gasteiger partial charge >= 0.3 is 0 Å². The summed E-state index contributed by atoms with van der Waals surface area (Å²) in [5.41, 5.74) is 3.44. The predicted molar refractivity (Wildman–Crippen MR) is 113 cm³/mol. The minimum atomic E-state index is -0.114. The molecule has 0 aliphatic rings. The molecule has 0 radical (unpaired) electrons. The molecule has 5 heteroatoms. The van der Waals surface area contributed by atoms with E-state index in [1.807, 2.05) is 84.9 Å². The normalized spacial score (nSPS) is 11.2. The molecule has 0 spiro atoms. The Bertz CT molecular complexity index is 1380. The molecule has 0 aliphatic carbocycles. The van der Waals surface area contributed by atoms with Crippen LogP contribution in [0.3, 0.4) is 0 Å². The molecule has 0 N–H and O–H groups in total. The maximum absolute atomic E-state index is 13.5. The summed E-state index contributed by atoms with van der Waals surface area (Å²) in [4.78, 5) is 22.5. The average molecular weight is 384 g/mol. The lowest BCUT2D eigenvalue weighted by Crippen LogP contribution is -2.20. The molecule has 134 valence electrons. The third-order valence-corrected chi connectivity index (χ3v) is 4.93. The lowest BCUT2D eigenvalue weighted by molar-refractivity contribution is 1.04. The van der Waals surface area contributed by atoms with Gasteiger partial charge in [0.05, 0.1) is 0 Å². The summed E-state index contributed by atoms with van der Waals surface area (Å²) in [6, 6.07) is 26.7. The Morgan fingerprint density at radius 2 is 1.32 bits per heavy atom. The monoisotopic (exact) mass is 383 g/mol. The first kappa shape index (κ1) is 16.7. The first-order chi connectivity index (χ1) is 13.7. The molecule has 0 unspecified atom stereocenters. The van der Waals surface area contributed by atoms with Crippen molar-refractivity contribution in [2.24, 2.45) is 0 Å². The molecular formula is C23H14ClN3O. The number of pyridine rings is 1. The Balaban J connectivity index is 2.07. The van der Waals surface area contributed by atoms with E-state index in [1.165, 1.54) is 0 Å². The first-order valence-electron chi connectivity index (χ1n) is 8.86. The summed E-state index contributed by atoms with van der Waals surface area (Å²) < 4.78 is 1.68. The third kappa shape index (κ3) is 2.58. The van der Waals surface area contributed by atoms with Crippen LogP contribution in [-0.4, -0.2) is 14.5 Å². The Labute approximate surface area is 165 Å². The van der Waals surface area contributed by atoms with E-state index in [4.69, 9.17) is 11.6 Å². The zero-order chi connectivity index (χ0) is 19.1. The molecule has 0 amide bonds. The highest BCUT2D eigenvalue weighted by Gasteiger charge is 2.19. The van der Waals surface area contributed by atoms with E-state index in [-0.39, 0.29) is 10.8 Å². The number of fused-ring (bicyclic) bond motifs is 3. The summed E-state index contributed by atoms with van der Waals surface area (Å²) in [6.07, 6.45) is 0. The smallest absolute Gasteiger partial charge is 0.263 e. The molecule has 0 saturated carbocycles. The van der Waals surface area contributed by atoms with Crippen LogP contribution in [-0.2, 0) is 0 Å². The van der Waals surface area contributed by atoms with Crippen molar-refractivity contribution < 1.29 is 0 Å². The van der Waals surface area contributed by atoms with Crippen LogP contribution in [0, 0.1) is 0 Å². The van der Waals surface area contributed by atoms with E-state index in [0.29, 0.717) is 22.1 Å². The molecule has 0 aliphatic heterocycles. The van der Waals surface area contributed by atoms with Crippen molar-refractivity contribution >= 4 is 33.4 Å². The number of hydrogen-bond acceptors (Lipinski definition) is 3. The second-order valence-electron chi connectivity index (χ2n) is 6.43. The molecule has 4 nitrogen and oxygen atoms in total. The van der Waals surface area contributed by atoms with Crippen molar-refractivity contribution in [2.75, 3.05) is 0 Å². The fourth-order valence-electron chi connectivity index (χ4n) is 3.55. The van der Waals surface area contributed by atoms with Gasteiger partial charge in [-0.05, 0) is 29.8 Å². The van der Waals surface area contributed by atoms with Gasteiger partial charge in [-0.15, -0.1) is 0 Å². The molecule has 0 bridgehead atoms. The maximum atomic E-state index is 13.5. The van der Waals surface area contributed by atoms with Gasteiger partial charge < -0.3 is 0 Å². The van der Waals surface area contributed by atoms with Crippen molar-refractivity contribution in [3.8, 4) is 16.9 Å². The van der Waals surface area contributed by atoms with E-state index in [9.17, 15) is 4.79 Å². The van der Waals surface area contributed by atoms with E-state index in [2.05, 4.69) is 9.97 Å². The van der Waals surface area contributed by atoms with Gasteiger partial charge in [-0.1, -0.05) is 66.7 Å². The Hall–Kier alpha value is -3.50. The van der Waals surface area contributed by atoms with Crippen molar-refractivity contribution in [1.82, 2.24) is 14.5 Å². The quantitative estimate of drug-likeness (QED) is 0.309. The topological polar surface area (TPSA) is 47.8 Å². The number of para-hydroxylation sites is 1. The number of hydrogen-bond donors (Lipinski definition) is 0. The molecule has 5 aromatic rings. The standard InChI is InChI=1S/C23H14ClN3O/c24-23-25-19(15-9-3-1-4-10-15)21-20(26-23)17-13-7-8-14-18(17)22(28)27(21)16-11-5-2-6-12-16/h1-14H. The van der Waals surface area contributed by atoms with Crippen LogP contribution < -0.4 is 5.56 Å². The summed E-state index contributed by atoms with van der Waals surface area (Å²) in [5.74, 6) is 0. The highest BCUT2D eigenvalue weighted by Crippen LogP contribution is 2.31. The zero-order valence-electron chi connectivity index (χ0n) is 14.7. The van der Waals surface area contributed by atoms with Gasteiger partial charge in [0.25, 0.3) is 5.56 Å². The highest BCUT2D eigenvalue weighted by molar-refractivity contribution is 6.29. The number of benzene rings is 3.